The minimum Gasteiger partial charge on any atom is -0.368 e. The predicted molar refractivity (Wildman–Crippen MR) is 73.5 cm³/mol. The number of halogens is 3. The number of carbonyl (C=O) groups is 2. The molecule has 0 saturated carbocycles. The lowest BCUT2D eigenvalue weighted by Gasteiger charge is -2.14. The molecule has 0 aliphatic carbocycles. The molecule has 23 heavy (non-hydrogen) atoms. The van der Waals surface area contributed by atoms with Gasteiger partial charge in [-0.2, -0.15) is 13.2 Å². The molecule has 0 aromatic heterocycles. The molecule has 0 spiro atoms. The molecule has 1 aromatic carbocycles. The first-order valence-electron chi connectivity index (χ1n) is 6.95. The third-order valence-corrected chi connectivity index (χ3v) is 3.40. The zero-order chi connectivity index (χ0) is 17.0. The van der Waals surface area contributed by atoms with Crippen molar-refractivity contribution in [3.63, 3.8) is 0 Å². The summed E-state index contributed by atoms with van der Waals surface area (Å²) >= 11 is 0. The number of ketones is 1. The van der Waals surface area contributed by atoms with Crippen molar-refractivity contribution < 1.29 is 32.2 Å². The topological polar surface area (TPSA) is 64.6 Å². The Labute approximate surface area is 130 Å². The van der Waals surface area contributed by atoms with Gasteiger partial charge in [-0.3, -0.25) is 9.59 Å². The number of hydrogen-bond donors (Lipinski definition) is 1. The highest BCUT2D eigenvalue weighted by molar-refractivity contribution is 5.92. The van der Waals surface area contributed by atoms with Crippen LogP contribution in [0.5, 0.6) is 0 Å². The van der Waals surface area contributed by atoms with Crippen molar-refractivity contribution >= 4 is 11.7 Å². The molecule has 1 fully saturated rings. The molecule has 2 unspecified atom stereocenters. The van der Waals surface area contributed by atoms with Gasteiger partial charge in [0, 0.05) is 0 Å². The van der Waals surface area contributed by atoms with Gasteiger partial charge in [-0.25, -0.2) is 0 Å². The van der Waals surface area contributed by atoms with Crippen LogP contribution < -0.4 is 5.32 Å². The predicted octanol–water partition coefficient (Wildman–Crippen LogP) is 1.69. The molecule has 1 aliphatic heterocycles. The van der Waals surface area contributed by atoms with Crippen LogP contribution in [0, 0.1) is 0 Å². The zero-order valence-electron chi connectivity index (χ0n) is 12.4. The smallest absolute Gasteiger partial charge is 0.368 e. The summed E-state index contributed by atoms with van der Waals surface area (Å²) in [5.74, 6) is -0.679. The first kappa shape index (κ1) is 17.4. The standard InChI is InChI=1S/C15H16F3NO4/c1-9-14(12(20)7-23-9)19-13(21)8-22-6-10-2-4-11(5-3-10)15(16,17)18/h2-5,9,14H,6-8H2,1H3,(H,19,21). The fourth-order valence-corrected chi connectivity index (χ4v) is 2.13. The first-order chi connectivity index (χ1) is 10.8. The maximum absolute atomic E-state index is 12.4. The molecule has 2 atom stereocenters. The van der Waals surface area contributed by atoms with E-state index in [9.17, 15) is 22.8 Å². The average Bonchev–Trinajstić information content (AvgIpc) is 2.79. The molecule has 5 nitrogen and oxygen atoms in total. The zero-order valence-corrected chi connectivity index (χ0v) is 12.4. The minimum atomic E-state index is -4.38. The van der Waals surface area contributed by atoms with E-state index >= 15 is 0 Å². The summed E-state index contributed by atoms with van der Waals surface area (Å²) in [6.45, 7) is 1.35. The van der Waals surface area contributed by atoms with Crippen molar-refractivity contribution in [2.24, 2.45) is 0 Å². The number of Topliss-reactive ketones (excluding diaryl/α,β-unsaturated/α-hetero) is 1. The molecule has 126 valence electrons. The monoisotopic (exact) mass is 331 g/mol. The SMILES string of the molecule is CC1OCC(=O)C1NC(=O)COCc1ccc(C(F)(F)F)cc1. The maximum Gasteiger partial charge on any atom is 0.416 e. The molecule has 0 bridgehead atoms. The summed E-state index contributed by atoms with van der Waals surface area (Å²) < 4.78 is 47.5. The highest BCUT2D eigenvalue weighted by atomic mass is 19.4. The summed E-state index contributed by atoms with van der Waals surface area (Å²) in [4.78, 5) is 23.1. The normalized spacial score (nSPS) is 21.5. The van der Waals surface area contributed by atoms with E-state index in [0.29, 0.717) is 5.56 Å². The van der Waals surface area contributed by atoms with Crippen molar-refractivity contribution in [2.75, 3.05) is 13.2 Å². The summed E-state index contributed by atoms with van der Waals surface area (Å²) in [5, 5.41) is 2.51. The molecule has 1 aliphatic rings. The Morgan fingerprint density at radius 2 is 2.00 bits per heavy atom. The molecule has 2 rings (SSSR count). The second-order valence-corrected chi connectivity index (χ2v) is 5.22. The number of ether oxygens (including phenoxy) is 2. The van der Waals surface area contributed by atoms with Crippen LogP contribution >= 0.6 is 0 Å². The Hall–Kier alpha value is -1.93. The second kappa shape index (κ2) is 7.10. The number of hydrogen-bond acceptors (Lipinski definition) is 4. The summed E-state index contributed by atoms with van der Waals surface area (Å²) in [6, 6.07) is 3.80. The van der Waals surface area contributed by atoms with Gasteiger partial charge in [0.25, 0.3) is 0 Å². The van der Waals surface area contributed by atoms with Crippen LogP contribution in [0.25, 0.3) is 0 Å². The first-order valence-corrected chi connectivity index (χ1v) is 6.95. The molecule has 1 heterocycles. The van der Waals surface area contributed by atoms with Crippen LogP contribution in [0.3, 0.4) is 0 Å². The third-order valence-electron chi connectivity index (χ3n) is 3.40. The van der Waals surface area contributed by atoms with E-state index < -0.39 is 23.7 Å². The van der Waals surface area contributed by atoms with E-state index in [2.05, 4.69) is 5.32 Å². The van der Waals surface area contributed by atoms with E-state index in [4.69, 9.17) is 9.47 Å². The quantitative estimate of drug-likeness (QED) is 0.892. The lowest BCUT2D eigenvalue weighted by Crippen LogP contribution is -2.45. The average molecular weight is 331 g/mol. The van der Waals surface area contributed by atoms with Crippen LogP contribution in [-0.4, -0.2) is 37.0 Å². The molecule has 1 amide bonds. The Morgan fingerprint density at radius 3 is 2.52 bits per heavy atom. The third kappa shape index (κ3) is 4.77. The molecule has 1 N–H and O–H groups in total. The number of amides is 1. The Balaban J connectivity index is 1.76. The van der Waals surface area contributed by atoms with Crippen molar-refractivity contribution in [1.82, 2.24) is 5.32 Å². The van der Waals surface area contributed by atoms with Gasteiger partial charge in [0.15, 0.2) is 5.78 Å². The van der Waals surface area contributed by atoms with E-state index in [1.54, 1.807) is 6.92 Å². The number of nitrogens with one attached hydrogen (secondary N) is 1. The van der Waals surface area contributed by atoms with Gasteiger partial charge in [0.05, 0.1) is 18.3 Å². The van der Waals surface area contributed by atoms with Crippen molar-refractivity contribution in [3.05, 3.63) is 35.4 Å². The Morgan fingerprint density at radius 1 is 1.35 bits per heavy atom. The highest BCUT2D eigenvalue weighted by Crippen LogP contribution is 2.29. The lowest BCUT2D eigenvalue weighted by molar-refractivity contribution is -0.137. The number of alkyl halides is 3. The van der Waals surface area contributed by atoms with Crippen molar-refractivity contribution in [3.8, 4) is 0 Å². The van der Waals surface area contributed by atoms with Crippen LogP contribution in [0.4, 0.5) is 13.2 Å². The summed E-state index contributed by atoms with van der Waals surface area (Å²) in [5.41, 5.74) is -0.229. The maximum atomic E-state index is 12.4. The van der Waals surface area contributed by atoms with Crippen molar-refractivity contribution in [1.29, 1.82) is 0 Å². The fourth-order valence-electron chi connectivity index (χ4n) is 2.13. The number of carbonyl (C=O) groups excluding carboxylic acids is 2. The Bertz CT molecular complexity index is 571. The number of benzene rings is 1. The molecular weight excluding hydrogens is 315 g/mol. The molecule has 8 heteroatoms. The minimum absolute atomic E-state index is 0.00375. The molecule has 1 aromatic rings. The van der Waals surface area contributed by atoms with Gasteiger partial charge in [0.1, 0.15) is 19.3 Å². The van der Waals surface area contributed by atoms with Crippen LogP contribution in [0.15, 0.2) is 24.3 Å². The van der Waals surface area contributed by atoms with Gasteiger partial charge in [-0.15, -0.1) is 0 Å². The molecular formula is C15H16F3NO4. The highest BCUT2D eigenvalue weighted by Gasteiger charge is 2.33. The molecule has 1 saturated heterocycles. The molecule has 0 radical (unpaired) electrons. The van der Waals surface area contributed by atoms with E-state index in [0.717, 1.165) is 12.1 Å². The fraction of sp³-hybridized carbons (Fsp3) is 0.467. The van der Waals surface area contributed by atoms with Gasteiger partial charge in [-0.1, -0.05) is 12.1 Å². The van der Waals surface area contributed by atoms with Gasteiger partial charge in [0.2, 0.25) is 5.91 Å². The lowest BCUT2D eigenvalue weighted by atomic mass is 10.1. The van der Waals surface area contributed by atoms with Crippen LogP contribution in [-0.2, 0) is 31.8 Å². The van der Waals surface area contributed by atoms with Gasteiger partial charge in [-0.05, 0) is 24.6 Å². The number of rotatable bonds is 5. The van der Waals surface area contributed by atoms with E-state index in [-0.39, 0.29) is 31.7 Å². The van der Waals surface area contributed by atoms with Crippen LogP contribution in [0.2, 0.25) is 0 Å². The Kier molecular flexibility index (Phi) is 5.38. The second-order valence-electron chi connectivity index (χ2n) is 5.22. The summed E-state index contributed by atoms with van der Waals surface area (Å²) in [7, 11) is 0. The summed E-state index contributed by atoms with van der Waals surface area (Å²) in [6.07, 6.45) is -4.77. The van der Waals surface area contributed by atoms with Gasteiger partial charge >= 0.3 is 6.18 Å². The van der Waals surface area contributed by atoms with Crippen molar-refractivity contribution in [2.45, 2.75) is 31.9 Å². The van der Waals surface area contributed by atoms with E-state index in [1.807, 2.05) is 0 Å². The van der Waals surface area contributed by atoms with E-state index in [1.165, 1.54) is 12.1 Å². The van der Waals surface area contributed by atoms with Crippen LogP contribution in [0.1, 0.15) is 18.1 Å². The van der Waals surface area contributed by atoms with Gasteiger partial charge < -0.3 is 14.8 Å². The largest absolute Gasteiger partial charge is 0.416 e.